The Labute approximate surface area is 143 Å². The summed E-state index contributed by atoms with van der Waals surface area (Å²) >= 11 is 10.0. The zero-order valence-corrected chi connectivity index (χ0v) is 15.9. The van der Waals surface area contributed by atoms with Crippen LogP contribution in [0.2, 0.25) is 0 Å². The zero-order valence-electron chi connectivity index (χ0n) is 10.3. The Morgan fingerprint density at radius 1 is 0.950 bits per heavy atom. The van der Waals surface area contributed by atoms with E-state index >= 15 is 0 Å². The number of anilines is 1. The first-order valence-corrected chi connectivity index (χ1v) is 9.40. The van der Waals surface area contributed by atoms with Crippen LogP contribution in [-0.4, -0.2) is 8.42 Å². The molecule has 0 heterocycles. The number of benzene rings is 2. The molecule has 0 aliphatic heterocycles. The van der Waals surface area contributed by atoms with E-state index in [1.165, 1.54) is 0 Å². The summed E-state index contributed by atoms with van der Waals surface area (Å²) in [7, 11) is -3.61. The van der Waals surface area contributed by atoms with E-state index < -0.39 is 10.0 Å². The lowest BCUT2D eigenvalue weighted by atomic mass is 10.2. The monoisotopic (exact) mass is 481 g/mol. The van der Waals surface area contributed by atoms with E-state index in [-0.39, 0.29) is 4.90 Å². The van der Waals surface area contributed by atoms with Crippen molar-refractivity contribution in [1.82, 2.24) is 0 Å². The molecule has 0 spiro atoms. The van der Waals surface area contributed by atoms with Crippen molar-refractivity contribution >= 4 is 63.5 Å². The van der Waals surface area contributed by atoms with Gasteiger partial charge in [-0.1, -0.05) is 31.9 Å². The average Bonchev–Trinajstić information content (AvgIpc) is 2.36. The quantitative estimate of drug-likeness (QED) is 0.661. The van der Waals surface area contributed by atoms with Crippen LogP contribution in [0.1, 0.15) is 5.56 Å². The number of halogens is 3. The van der Waals surface area contributed by atoms with Gasteiger partial charge < -0.3 is 0 Å². The lowest BCUT2D eigenvalue weighted by Gasteiger charge is -2.11. The van der Waals surface area contributed by atoms with Gasteiger partial charge in [-0.15, -0.1) is 0 Å². The van der Waals surface area contributed by atoms with Crippen molar-refractivity contribution in [2.75, 3.05) is 4.72 Å². The molecule has 106 valence electrons. The highest BCUT2D eigenvalue weighted by Gasteiger charge is 2.16. The Bertz CT molecular complexity index is 760. The minimum atomic E-state index is -3.61. The van der Waals surface area contributed by atoms with Crippen LogP contribution >= 0.6 is 47.8 Å². The molecule has 0 aliphatic carbocycles. The molecule has 0 aliphatic rings. The van der Waals surface area contributed by atoms with Crippen molar-refractivity contribution in [2.24, 2.45) is 0 Å². The van der Waals surface area contributed by atoms with Gasteiger partial charge in [0.1, 0.15) is 0 Å². The number of rotatable bonds is 3. The van der Waals surface area contributed by atoms with Gasteiger partial charge in [0.25, 0.3) is 10.0 Å². The Morgan fingerprint density at radius 3 is 2.25 bits per heavy atom. The summed E-state index contributed by atoms with van der Waals surface area (Å²) in [6, 6.07) is 10.2. The molecule has 2 aromatic carbocycles. The molecule has 0 amide bonds. The molecule has 0 radical (unpaired) electrons. The second-order valence-corrected chi connectivity index (χ2v) is 8.45. The van der Waals surface area contributed by atoms with Crippen molar-refractivity contribution in [1.29, 1.82) is 0 Å². The molecular weight excluding hydrogens is 474 g/mol. The molecule has 0 fully saturated rings. The maximum atomic E-state index is 12.4. The predicted octanol–water partition coefficient (Wildman–Crippen LogP) is 5.08. The van der Waals surface area contributed by atoms with Gasteiger partial charge in [-0.3, -0.25) is 4.72 Å². The molecule has 0 aromatic heterocycles. The Morgan fingerprint density at radius 2 is 1.60 bits per heavy atom. The lowest BCUT2D eigenvalue weighted by Crippen LogP contribution is -2.13. The van der Waals surface area contributed by atoms with Gasteiger partial charge in [-0.25, -0.2) is 8.42 Å². The molecule has 0 bridgehead atoms. The van der Waals surface area contributed by atoms with Crippen LogP contribution in [0.15, 0.2) is 54.7 Å². The predicted molar refractivity (Wildman–Crippen MR) is 91.5 cm³/mol. The van der Waals surface area contributed by atoms with Crippen LogP contribution in [0.3, 0.4) is 0 Å². The van der Waals surface area contributed by atoms with E-state index in [0.717, 1.165) is 14.5 Å². The smallest absolute Gasteiger partial charge is 0.261 e. The molecule has 2 rings (SSSR count). The third kappa shape index (κ3) is 3.63. The Balaban J connectivity index is 2.40. The van der Waals surface area contributed by atoms with Gasteiger partial charge in [-0.05, 0) is 64.8 Å². The highest BCUT2D eigenvalue weighted by atomic mass is 79.9. The number of hydrogen-bond donors (Lipinski definition) is 1. The minimum absolute atomic E-state index is 0.227. The minimum Gasteiger partial charge on any atom is -0.278 e. The summed E-state index contributed by atoms with van der Waals surface area (Å²) in [6.45, 7) is 1.85. The Hall–Kier alpha value is -0.370. The summed E-state index contributed by atoms with van der Waals surface area (Å²) in [5.41, 5.74) is 1.35. The number of sulfonamides is 1. The molecule has 0 saturated heterocycles. The van der Waals surface area contributed by atoms with Crippen LogP contribution in [-0.2, 0) is 10.0 Å². The summed E-state index contributed by atoms with van der Waals surface area (Å²) in [5, 5.41) is 0. The first-order valence-electron chi connectivity index (χ1n) is 5.53. The normalized spacial score (nSPS) is 11.4. The molecule has 7 heteroatoms. The summed E-state index contributed by atoms with van der Waals surface area (Å²) < 4.78 is 29.7. The molecule has 0 atom stereocenters. The highest BCUT2D eigenvalue weighted by molar-refractivity contribution is 9.11. The van der Waals surface area contributed by atoms with Crippen molar-refractivity contribution in [2.45, 2.75) is 11.8 Å². The maximum Gasteiger partial charge on any atom is 0.261 e. The topological polar surface area (TPSA) is 46.2 Å². The average molecular weight is 484 g/mol. The molecule has 1 N–H and O–H groups in total. The fraction of sp³-hybridized carbons (Fsp3) is 0.0769. The fourth-order valence-corrected chi connectivity index (χ4v) is 3.80. The first-order chi connectivity index (χ1) is 9.29. The maximum absolute atomic E-state index is 12.4. The number of nitrogens with one attached hydrogen (secondary N) is 1. The van der Waals surface area contributed by atoms with E-state index in [0.29, 0.717) is 10.2 Å². The first kappa shape index (κ1) is 16.0. The van der Waals surface area contributed by atoms with Crippen molar-refractivity contribution in [3.63, 3.8) is 0 Å². The molecular formula is C13H10Br3NO2S. The largest absolute Gasteiger partial charge is 0.278 e. The van der Waals surface area contributed by atoms with Gasteiger partial charge in [-0.2, -0.15) is 0 Å². The molecule has 0 saturated carbocycles. The zero-order chi connectivity index (χ0) is 14.9. The van der Waals surface area contributed by atoms with Crippen molar-refractivity contribution in [3.05, 3.63) is 55.4 Å². The summed E-state index contributed by atoms with van der Waals surface area (Å²) in [6.07, 6.45) is 0. The third-order valence-corrected chi connectivity index (χ3v) is 6.05. The summed E-state index contributed by atoms with van der Waals surface area (Å²) in [5.74, 6) is 0. The lowest BCUT2D eigenvalue weighted by molar-refractivity contribution is 0.601. The molecule has 2 aromatic rings. The molecule has 20 heavy (non-hydrogen) atoms. The van der Waals surface area contributed by atoms with Crippen molar-refractivity contribution in [3.8, 4) is 0 Å². The van der Waals surface area contributed by atoms with Crippen LogP contribution in [0.25, 0.3) is 0 Å². The molecule has 0 unspecified atom stereocenters. The SMILES string of the molecule is Cc1cc(S(=O)(=O)Nc2cc(Br)ccc2Br)ccc1Br. The van der Waals surface area contributed by atoms with E-state index in [1.807, 2.05) is 13.0 Å². The van der Waals surface area contributed by atoms with E-state index in [4.69, 9.17) is 0 Å². The van der Waals surface area contributed by atoms with Crippen LogP contribution in [0.5, 0.6) is 0 Å². The van der Waals surface area contributed by atoms with Crippen LogP contribution in [0.4, 0.5) is 5.69 Å². The Kier molecular flexibility index (Phi) is 4.94. The third-order valence-electron chi connectivity index (χ3n) is 2.61. The number of hydrogen-bond acceptors (Lipinski definition) is 2. The van der Waals surface area contributed by atoms with Gasteiger partial charge in [0.15, 0.2) is 0 Å². The van der Waals surface area contributed by atoms with Crippen LogP contribution < -0.4 is 4.72 Å². The molecule has 3 nitrogen and oxygen atoms in total. The van der Waals surface area contributed by atoms with Gasteiger partial charge in [0.05, 0.1) is 10.6 Å². The van der Waals surface area contributed by atoms with Gasteiger partial charge in [0.2, 0.25) is 0 Å². The van der Waals surface area contributed by atoms with E-state index in [9.17, 15) is 8.42 Å². The second-order valence-electron chi connectivity index (χ2n) is 4.14. The summed E-state index contributed by atoms with van der Waals surface area (Å²) in [4.78, 5) is 0.227. The van der Waals surface area contributed by atoms with Crippen molar-refractivity contribution < 1.29 is 8.42 Å². The second kappa shape index (κ2) is 6.17. The number of aryl methyl sites for hydroxylation is 1. The standard InChI is InChI=1S/C13H10Br3NO2S/c1-8-6-10(3-5-11(8)15)20(18,19)17-13-7-9(14)2-4-12(13)16/h2-7,17H,1H3. The highest BCUT2D eigenvalue weighted by Crippen LogP contribution is 2.29. The van der Waals surface area contributed by atoms with E-state index in [2.05, 4.69) is 52.5 Å². The van der Waals surface area contributed by atoms with Crippen LogP contribution in [0, 0.1) is 6.92 Å². The van der Waals surface area contributed by atoms with E-state index in [1.54, 1.807) is 30.3 Å². The van der Waals surface area contributed by atoms with Gasteiger partial charge in [0, 0.05) is 13.4 Å². The fourth-order valence-electron chi connectivity index (χ4n) is 1.56. The van der Waals surface area contributed by atoms with Gasteiger partial charge >= 0.3 is 0 Å².